The summed E-state index contributed by atoms with van der Waals surface area (Å²) in [5, 5.41) is 6.30. The highest BCUT2D eigenvalue weighted by molar-refractivity contribution is 5.95. The number of rotatable bonds is 6. The van der Waals surface area contributed by atoms with E-state index in [1.807, 2.05) is 31.2 Å². The zero-order chi connectivity index (χ0) is 18.5. The third-order valence-electron chi connectivity index (χ3n) is 4.98. The van der Waals surface area contributed by atoms with E-state index < -0.39 is 0 Å². The molecule has 4 nitrogen and oxygen atoms in total. The van der Waals surface area contributed by atoms with Crippen molar-refractivity contribution in [3.05, 3.63) is 53.6 Å². The molecule has 0 radical (unpaired) electrons. The van der Waals surface area contributed by atoms with E-state index in [2.05, 4.69) is 47.6 Å². The average molecular weight is 351 g/mol. The van der Waals surface area contributed by atoms with Gasteiger partial charge >= 0.3 is 0 Å². The van der Waals surface area contributed by atoms with Crippen molar-refractivity contribution in [3.63, 3.8) is 0 Å². The predicted molar refractivity (Wildman–Crippen MR) is 110 cm³/mol. The first kappa shape index (κ1) is 18.3. The molecular weight excluding hydrogens is 322 g/mol. The fraction of sp³-hybridized carbons (Fsp3) is 0.409. The van der Waals surface area contributed by atoms with Gasteiger partial charge in [0.25, 0.3) is 0 Å². The second-order valence-corrected chi connectivity index (χ2v) is 7.34. The second-order valence-electron chi connectivity index (χ2n) is 7.34. The monoisotopic (exact) mass is 351 g/mol. The molecule has 1 aliphatic rings. The molecule has 1 saturated heterocycles. The number of hydrogen-bond acceptors (Lipinski definition) is 3. The Morgan fingerprint density at radius 2 is 1.77 bits per heavy atom. The Labute approximate surface area is 156 Å². The van der Waals surface area contributed by atoms with E-state index in [4.69, 9.17) is 0 Å². The first-order chi connectivity index (χ1) is 12.5. The van der Waals surface area contributed by atoms with Gasteiger partial charge in [0.1, 0.15) is 0 Å². The number of amides is 1. The van der Waals surface area contributed by atoms with Crippen LogP contribution in [-0.2, 0) is 4.79 Å². The van der Waals surface area contributed by atoms with Gasteiger partial charge in [-0.2, -0.15) is 0 Å². The molecule has 2 aromatic carbocycles. The van der Waals surface area contributed by atoms with Crippen LogP contribution in [0.4, 0.5) is 17.1 Å². The van der Waals surface area contributed by atoms with Crippen LogP contribution in [0.3, 0.4) is 0 Å². The van der Waals surface area contributed by atoms with Crippen molar-refractivity contribution < 1.29 is 4.79 Å². The Kier molecular flexibility index (Phi) is 5.82. The van der Waals surface area contributed by atoms with Crippen LogP contribution in [0.2, 0.25) is 0 Å². The molecule has 0 atom stereocenters. The third kappa shape index (κ3) is 4.37. The maximum Gasteiger partial charge on any atom is 0.243 e. The SMILES string of the molecule is Cc1cccc(C(C)C)c1NC(=O)CNc1ccc(N2CCCC2)cc1. The summed E-state index contributed by atoms with van der Waals surface area (Å²) in [5.41, 5.74) is 5.45. The van der Waals surface area contributed by atoms with Gasteiger partial charge in [-0.1, -0.05) is 32.0 Å². The summed E-state index contributed by atoms with van der Waals surface area (Å²) in [4.78, 5) is 14.8. The summed E-state index contributed by atoms with van der Waals surface area (Å²) in [5.74, 6) is 0.348. The Balaban J connectivity index is 1.58. The van der Waals surface area contributed by atoms with Gasteiger partial charge in [0.15, 0.2) is 0 Å². The summed E-state index contributed by atoms with van der Waals surface area (Å²) >= 11 is 0. The zero-order valence-electron chi connectivity index (χ0n) is 16.0. The molecule has 2 N–H and O–H groups in total. The number of benzene rings is 2. The highest BCUT2D eigenvalue weighted by atomic mass is 16.1. The number of hydrogen-bond donors (Lipinski definition) is 2. The topological polar surface area (TPSA) is 44.4 Å². The lowest BCUT2D eigenvalue weighted by molar-refractivity contribution is -0.114. The maximum atomic E-state index is 12.4. The molecule has 3 rings (SSSR count). The molecule has 0 unspecified atom stereocenters. The van der Waals surface area contributed by atoms with E-state index in [9.17, 15) is 4.79 Å². The highest BCUT2D eigenvalue weighted by Gasteiger charge is 2.13. The zero-order valence-corrected chi connectivity index (χ0v) is 16.0. The van der Waals surface area contributed by atoms with Crippen LogP contribution in [0.25, 0.3) is 0 Å². The molecule has 0 saturated carbocycles. The quantitative estimate of drug-likeness (QED) is 0.788. The fourth-order valence-electron chi connectivity index (χ4n) is 3.47. The van der Waals surface area contributed by atoms with Crippen molar-refractivity contribution in [3.8, 4) is 0 Å². The number of anilines is 3. The van der Waals surface area contributed by atoms with Gasteiger partial charge in [0.05, 0.1) is 6.54 Å². The molecule has 138 valence electrons. The fourth-order valence-corrected chi connectivity index (χ4v) is 3.47. The molecule has 4 heteroatoms. The number of nitrogens with one attached hydrogen (secondary N) is 2. The Hall–Kier alpha value is -2.49. The van der Waals surface area contributed by atoms with Crippen molar-refractivity contribution in [1.29, 1.82) is 0 Å². The Morgan fingerprint density at radius 3 is 2.42 bits per heavy atom. The molecule has 2 aromatic rings. The highest BCUT2D eigenvalue weighted by Crippen LogP contribution is 2.27. The molecule has 0 aliphatic carbocycles. The van der Waals surface area contributed by atoms with Gasteiger partial charge in [-0.25, -0.2) is 0 Å². The third-order valence-corrected chi connectivity index (χ3v) is 4.98. The number of carbonyl (C=O) groups excluding carboxylic acids is 1. The van der Waals surface area contributed by atoms with Gasteiger partial charge in [0.2, 0.25) is 5.91 Å². The molecule has 1 fully saturated rings. The number of para-hydroxylation sites is 1. The first-order valence-corrected chi connectivity index (χ1v) is 9.53. The standard InChI is InChI=1S/C22H29N3O/c1-16(2)20-8-6-7-17(3)22(20)24-21(26)15-23-18-9-11-19(12-10-18)25-13-4-5-14-25/h6-12,16,23H,4-5,13-15H2,1-3H3,(H,24,26). The summed E-state index contributed by atoms with van der Waals surface area (Å²) < 4.78 is 0. The molecule has 0 aromatic heterocycles. The van der Waals surface area contributed by atoms with Gasteiger partial charge in [-0.05, 0) is 61.1 Å². The van der Waals surface area contributed by atoms with Crippen LogP contribution in [-0.4, -0.2) is 25.5 Å². The van der Waals surface area contributed by atoms with Gasteiger partial charge in [-0.3, -0.25) is 4.79 Å². The summed E-state index contributed by atoms with van der Waals surface area (Å²) in [6.07, 6.45) is 2.55. The number of nitrogens with zero attached hydrogens (tertiary/aromatic N) is 1. The first-order valence-electron chi connectivity index (χ1n) is 9.53. The minimum atomic E-state index is -0.0233. The lowest BCUT2D eigenvalue weighted by atomic mass is 9.98. The summed E-state index contributed by atoms with van der Waals surface area (Å²) in [6.45, 7) is 8.86. The van der Waals surface area contributed by atoms with Crippen LogP contribution in [0.5, 0.6) is 0 Å². The summed E-state index contributed by atoms with van der Waals surface area (Å²) in [6, 6.07) is 14.5. The maximum absolute atomic E-state index is 12.4. The van der Waals surface area contributed by atoms with E-state index in [-0.39, 0.29) is 12.5 Å². The van der Waals surface area contributed by atoms with Gasteiger partial charge < -0.3 is 15.5 Å². The van der Waals surface area contributed by atoms with Gasteiger partial charge in [0, 0.05) is 30.2 Å². The summed E-state index contributed by atoms with van der Waals surface area (Å²) in [7, 11) is 0. The minimum Gasteiger partial charge on any atom is -0.376 e. The van der Waals surface area contributed by atoms with E-state index >= 15 is 0 Å². The predicted octanol–water partition coefficient (Wildman–Crippen LogP) is 4.77. The van der Waals surface area contributed by atoms with E-state index in [1.165, 1.54) is 24.1 Å². The van der Waals surface area contributed by atoms with Crippen LogP contribution in [0.1, 0.15) is 43.7 Å². The number of carbonyl (C=O) groups is 1. The van der Waals surface area contributed by atoms with Crippen LogP contribution in [0, 0.1) is 6.92 Å². The molecule has 0 spiro atoms. The lowest BCUT2D eigenvalue weighted by Gasteiger charge is -2.18. The van der Waals surface area contributed by atoms with Gasteiger partial charge in [-0.15, -0.1) is 0 Å². The van der Waals surface area contributed by atoms with Crippen molar-refractivity contribution in [2.75, 3.05) is 35.2 Å². The van der Waals surface area contributed by atoms with Crippen molar-refractivity contribution in [2.45, 2.75) is 39.5 Å². The van der Waals surface area contributed by atoms with Crippen LogP contribution in [0.15, 0.2) is 42.5 Å². The van der Waals surface area contributed by atoms with E-state index in [0.717, 1.165) is 30.0 Å². The molecular formula is C22H29N3O. The molecule has 1 amide bonds. The van der Waals surface area contributed by atoms with Crippen LogP contribution >= 0.6 is 0 Å². The Bertz CT molecular complexity index is 746. The lowest BCUT2D eigenvalue weighted by Crippen LogP contribution is -2.23. The van der Waals surface area contributed by atoms with Crippen LogP contribution < -0.4 is 15.5 Å². The van der Waals surface area contributed by atoms with Crippen molar-refractivity contribution in [1.82, 2.24) is 0 Å². The Morgan fingerprint density at radius 1 is 1.08 bits per heavy atom. The van der Waals surface area contributed by atoms with E-state index in [0.29, 0.717) is 5.92 Å². The van der Waals surface area contributed by atoms with E-state index in [1.54, 1.807) is 0 Å². The normalized spacial score (nSPS) is 13.9. The molecule has 1 aliphatic heterocycles. The number of aryl methyl sites for hydroxylation is 1. The minimum absolute atomic E-state index is 0.0233. The largest absolute Gasteiger partial charge is 0.376 e. The molecule has 0 bridgehead atoms. The average Bonchev–Trinajstić information content (AvgIpc) is 3.16. The second kappa shape index (κ2) is 8.26. The van der Waals surface area contributed by atoms with Crippen molar-refractivity contribution in [2.24, 2.45) is 0 Å². The molecule has 26 heavy (non-hydrogen) atoms. The molecule has 1 heterocycles. The smallest absolute Gasteiger partial charge is 0.243 e. The van der Waals surface area contributed by atoms with Crippen molar-refractivity contribution >= 4 is 23.0 Å².